The lowest BCUT2D eigenvalue weighted by molar-refractivity contribution is 0.0716. The van der Waals surface area contributed by atoms with Gasteiger partial charge in [0.1, 0.15) is 11.3 Å². The van der Waals surface area contributed by atoms with Gasteiger partial charge in [0, 0.05) is 13.1 Å². The second-order valence-corrected chi connectivity index (χ2v) is 8.65. The molecule has 2 aromatic carbocycles. The molecule has 1 amide bonds. The van der Waals surface area contributed by atoms with Crippen LogP contribution in [0.2, 0.25) is 0 Å². The van der Waals surface area contributed by atoms with Crippen molar-refractivity contribution in [2.75, 3.05) is 33.8 Å². The second-order valence-electron chi connectivity index (χ2n) is 8.65. The van der Waals surface area contributed by atoms with Gasteiger partial charge in [0.15, 0.2) is 5.43 Å². The average molecular weight is 435 g/mol. The minimum absolute atomic E-state index is 0.145. The number of unbranched alkanes of at least 4 members (excludes halogenated alkanes) is 1. The normalized spacial score (nSPS) is 15.6. The highest BCUT2D eigenvalue weighted by Gasteiger charge is 2.42. The summed E-state index contributed by atoms with van der Waals surface area (Å²) in [6, 6.07) is 12.7. The monoisotopic (exact) mass is 434 g/mol. The SMILES string of the molecule is CCCCOc1cccc(C2c3c(oc4ccc(C)cc4c3=O)C(=O)N2CCN(C)C)c1. The number of fused-ring (bicyclic) bond motifs is 2. The third-order valence-electron chi connectivity index (χ3n) is 5.85. The van der Waals surface area contributed by atoms with Crippen LogP contribution in [0, 0.1) is 6.92 Å². The zero-order valence-electron chi connectivity index (χ0n) is 19.2. The number of carbonyl (C=O) groups is 1. The lowest BCUT2D eigenvalue weighted by Crippen LogP contribution is -2.35. The number of ether oxygens (including phenoxy) is 1. The fourth-order valence-corrected chi connectivity index (χ4v) is 4.13. The zero-order chi connectivity index (χ0) is 22.8. The van der Waals surface area contributed by atoms with Gasteiger partial charge in [0.2, 0.25) is 5.76 Å². The predicted octanol–water partition coefficient (Wildman–Crippen LogP) is 4.39. The van der Waals surface area contributed by atoms with Crippen LogP contribution in [-0.2, 0) is 0 Å². The highest BCUT2D eigenvalue weighted by molar-refractivity contribution is 5.99. The maximum Gasteiger partial charge on any atom is 0.290 e. The number of rotatable bonds is 8. The van der Waals surface area contributed by atoms with Gasteiger partial charge < -0.3 is 19.0 Å². The third-order valence-corrected chi connectivity index (χ3v) is 5.85. The number of benzene rings is 2. The fourth-order valence-electron chi connectivity index (χ4n) is 4.13. The Balaban J connectivity index is 1.84. The maximum atomic E-state index is 13.6. The zero-order valence-corrected chi connectivity index (χ0v) is 19.2. The summed E-state index contributed by atoms with van der Waals surface area (Å²) in [6.45, 7) is 5.85. The summed E-state index contributed by atoms with van der Waals surface area (Å²) >= 11 is 0. The second kappa shape index (κ2) is 9.17. The van der Waals surface area contributed by atoms with E-state index in [1.165, 1.54) is 0 Å². The van der Waals surface area contributed by atoms with Crippen molar-refractivity contribution in [3.05, 3.63) is 75.1 Å². The van der Waals surface area contributed by atoms with Crippen LogP contribution in [0.15, 0.2) is 51.7 Å². The molecule has 4 rings (SSSR count). The summed E-state index contributed by atoms with van der Waals surface area (Å²) in [4.78, 5) is 30.8. The molecule has 1 unspecified atom stereocenters. The highest BCUT2D eigenvalue weighted by Crippen LogP contribution is 2.39. The molecule has 1 aliphatic heterocycles. The first-order valence-electron chi connectivity index (χ1n) is 11.2. The third kappa shape index (κ3) is 4.15. The molecular formula is C26H30N2O4. The molecule has 32 heavy (non-hydrogen) atoms. The van der Waals surface area contributed by atoms with Crippen LogP contribution in [0.3, 0.4) is 0 Å². The van der Waals surface area contributed by atoms with Gasteiger partial charge in [-0.1, -0.05) is 37.1 Å². The first-order valence-corrected chi connectivity index (χ1v) is 11.2. The van der Waals surface area contributed by atoms with Gasteiger partial charge >= 0.3 is 0 Å². The number of hydrogen-bond acceptors (Lipinski definition) is 5. The van der Waals surface area contributed by atoms with E-state index in [2.05, 4.69) is 6.92 Å². The van der Waals surface area contributed by atoms with Crippen LogP contribution in [0.1, 0.15) is 53.1 Å². The number of hydrogen-bond donors (Lipinski definition) is 0. The van der Waals surface area contributed by atoms with E-state index in [4.69, 9.17) is 9.15 Å². The molecule has 2 heterocycles. The number of aryl methyl sites for hydroxylation is 1. The van der Waals surface area contributed by atoms with Crippen LogP contribution >= 0.6 is 0 Å². The Morgan fingerprint density at radius 2 is 1.94 bits per heavy atom. The predicted molar refractivity (Wildman–Crippen MR) is 125 cm³/mol. The number of likely N-dealkylation sites (N-methyl/N-ethyl adjacent to an activating group) is 1. The Bertz CT molecular complexity index is 1200. The van der Waals surface area contributed by atoms with Crippen molar-refractivity contribution >= 4 is 16.9 Å². The molecule has 0 spiro atoms. The van der Waals surface area contributed by atoms with E-state index in [0.29, 0.717) is 36.2 Å². The Hall–Kier alpha value is -3.12. The van der Waals surface area contributed by atoms with Crippen LogP contribution in [0.5, 0.6) is 5.75 Å². The van der Waals surface area contributed by atoms with Crippen LogP contribution in [-0.4, -0.2) is 49.5 Å². The largest absolute Gasteiger partial charge is 0.494 e. The first-order chi connectivity index (χ1) is 15.4. The molecule has 0 bridgehead atoms. The molecule has 1 atom stereocenters. The van der Waals surface area contributed by atoms with Crippen molar-refractivity contribution in [2.24, 2.45) is 0 Å². The van der Waals surface area contributed by atoms with Crippen LogP contribution in [0.4, 0.5) is 0 Å². The Labute approximate surface area is 188 Å². The van der Waals surface area contributed by atoms with E-state index in [0.717, 1.165) is 29.7 Å². The minimum Gasteiger partial charge on any atom is -0.494 e. The quantitative estimate of drug-likeness (QED) is 0.492. The molecule has 0 radical (unpaired) electrons. The maximum absolute atomic E-state index is 13.6. The summed E-state index contributed by atoms with van der Waals surface area (Å²) in [6.07, 6.45) is 2.02. The molecule has 1 aliphatic rings. The molecular weight excluding hydrogens is 404 g/mol. The van der Waals surface area contributed by atoms with Crippen molar-refractivity contribution in [1.29, 1.82) is 0 Å². The molecule has 0 N–H and O–H groups in total. The lowest BCUT2D eigenvalue weighted by Gasteiger charge is -2.26. The van der Waals surface area contributed by atoms with Crippen molar-refractivity contribution in [3.8, 4) is 5.75 Å². The van der Waals surface area contributed by atoms with Gasteiger partial charge in [-0.25, -0.2) is 0 Å². The van der Waals surface area contributed by atoms with Gasteiger partial charge in [-0.3, -0.25) is 9.59 Å². The molecule has 0 saturated carbocycles. The van der Waals surface area contributed by atoms with E-state index >= 15 is 0 Å². The Kier molecular flexibility index (Phi) is 6.33. The van der Waals surface area contributed by atoms with Crippen LogP contribution < -0.4 is 10.2 Å². The van der Waals surface area contributed by atoms with Crippen molar-refractivity contribution in [1.82, 2.24) is 9.80 Å². The summed E-state index contributed by atoms with van der Waals surface area (Å²) < 4.78 is 11.9. The lowest BCUT2D eigenvalue weighted by atomic mass is 9.98. The molecule has 1 aromatic heterocycles. The fraction of sp³-hybridized carbons (Fsp3) is 0.385. The smallest absolute Gasteiger partial charge is 0.290 e. The van der Waals surface area contributed by atoms with Gasteiger partial charge in [0.05, 0.1) is 23.6 Å². The molecule has 3 aromatic rings. The van der Waals surface area contributed by atoms with E-state index in [1.807, 2.05) is 62.3 Å². The van der Waals surface area contributed by atoms with Gasteiger partial charge in [0.25, 0.3) is 5.91 Å². The van der Waals surface area contributed by atoms with Gasteiger partial charge in [-0.05, 0) is 57.3 Å². The molecule has 0 saturated heterocycles. The average Bonchev–Trinajstić information content (AvgIpc) is 3.05. The van der Waals surface area contributed by atoms with E-state index in [1.54, 1.807) is 11.0 Å². The first kappa shape index (κ1) is 22.1. The number of nitrogens with zero attached hydrogens (tertiary/aromatic N) is 2. The molecule has 168 valence electrons. The molecule has 6 heteroatoms. The summed E-state index contributed by atoms with van der Waals surface area (Å²) in [5, 5.41) is 0.506. The topological polar surface area (TPSA) is 63.0 Å². The molecule has 0 aliphatic carbocycles. The molecule has 6 nitrogen and oxygen atoms in total. The van der Waals surface area contributed by atoms with Crippen molar-refractivity contribution < 1.29 is 13.9 Å². The van der Waals surface area contributed by atoms with E-state index < -0.39 is 6.04 Å². The standard InChI is InChI=1S/C26H30N2O4/c1-5-6-14-31-19-9-7-8-18(16-19)23-22-24(29)20-15-17(2)10-11-21(20)32-25(22)26(30)28(23)13-12-27(3)4/h7-11,15-16,23H,5-6,12-14H2,1-4H3. The number of amides is 1. The van der Waals surface area contributed by atoms with Gasteiger partial charge in [-0.15, -0.1) is 0 Å². The minimum atomic E-state index is -0.506. The van der Waals surface area contributed by atoms with E-state index in [-0.39, 0.29) is 17.1 Å². The van der Waals surface area contributed by atoms with E-state index in [9.17, 15) is 9.59 Å². The van der Waals surface area contributed by atoms with Crippen LogP contribution in [0.25, 0.3) is 11.0 Å². The summed E-state index contributed by atoms with van der Waals surface area (Å²) in [5.74, 6) is 0.640. The Morgan fingerprint density at radius 1 is 1.12 bits per heavy atom. The highest BCUT2D eigenvalue weighted by atomic mass is 16.5. The summed E-state index contributed by atoms with van der Waals surface area (Å²) in [5.41, 5.74) is 2.54. The Morgan fingerprint density at radius 3 is 2.69 bits per heavy atom. The number of carbonyl (C=O) groups excluding carboxylic acids is 1. The van der Waals surface area contributed by atoms with Crippen molar-refractivity contribution in [3.63, 3.8) is 0 Å². The van der Waals surface area contributed by atoms with Gasteiger partial charge in [-0.2, -0.15) is 0 Å². The van der Waals surface area contributed by atoms with Crippen molar-refractivity contribution in [2.45, 2.75) is 32.7 Å². The summed E-state index contributed by atoms with van der Waals surface area (Å²) in [7, 11) is 3.93. The molecule has 0 fully saturated rings.